The molecule has 1 N–H and O–H groups in total. The zero-order chi connectivity index (χ0) is 13.1. The van der Waals surface area contributed by atoms with E-state index in [0.717, 1.165) is 21.2 Å². The Morgan fingerprint density at radius 3 is 2.67 bits per heavy atom. The topological polar surface area (TPSA) is 29.9 Å². The van der Waals surface area contributed by atoms with Crippen LogP contribution >= 0.6 is 31.9 Å². The number of hydrogen-bond acceptors (Lipinski definition) is 2. The van der Waals surface area contributed by atoms with Crippen LogP contribution in [-0.4, -0.2) is 15.8 Å². The van der Waals surface area contributed by atoms with Crippen molar-refractivity contribution in [1.29, 1.82) is 0 Å². The van der Waals surface area contributed by atoms with Gasteiger partial charge in [-0.3, -0.25) is 0 Å². The Morgan fingerprint density at radius 2 is 2.06 bits per heavy atom. The molecule has 0 bridgehead atoms. The predicted octanol–water partition coefficient (Wildman–Crippen LogP) is 3.90. The van der Waals surface area contributed by atoms with Crippen molar-refractivity contribution < 1.29 is 0 Å². The second kappa shape index (κ2) is 5.99. The Hall–Kier alpha value is -0.650. The first-order chi connectivity index (χ1) is 8.56. The van der Waals surface area contributed by atoms with E-state index in [1.165, 1.54) is 5.56 Å². The summed E-state index contributed by atoms with van der Waals surface area (Å²) < 4.78 is 3.94. The van der Waals surface area contributed by atoms with Gasteiger partial charge in [0.25, 0.3) is 0 Å². The standard InChI is InChI=1S/C13H15Br2N3/c1-9(2)16-6-10-5-11(14)3-4-13(10)18-8-12(15)7-17-18/h3-5,7-9,16H,6H2,1-2H3. The maximum absolute atomic E-state index is 4.33. The van der Waals surface area contributed by atoms with Crippen LogP contribution in [0.2, 0.25) is 0 Å². The Labute approximate surface area is 124 Å². The molecule has 0 unspecified atom stereocenters. The van der Waals surface area contributed by atoms with Crippen molar-refractivity contribution >= 4 is 31.9 Å². The second-order valence-electron chi connectivity index (χ2n) is 4.41. The van der Waals surface area contributed by atoms with Crippen molar-refractivity contribution in [3.8, 4) is 5.69 Å². The lowest BCUT2D eigenvalue weighted by molar-refractivity contribution is 0.586. The van der Waals surface area contributed by atoms with Gasteiger partial charge in [0.15, 0.2) is 0 Å². The van der Waals surface area contributed by atoms with Gasteiger partial charge in [-0.1, -0.05) is 29.8 Å². The van der Waals surface area contributed by atoms with E-state index in [2.05, 4.69) is 68.3 Å². The molecule has 1 heterocycles. The smallest absolute Gasteiger partial charge is 0.0691 e. The first-order valence-electron chi connectivity index (χ1n) is 5.78. The van der Waals surface area contributed by atoms with Gasteiger partial charge in [0.2, 0.25) is 0 Å². The van der Waals surface area contributed by atoms with Crippen molar-refractivity contribution in [1.82, 2.24) is 15.1 Å². The minimum Gasteiger partial charge on any atom is -0.310 e. The number of rotatable bonds is 4. The summed E-state index contributed by atoms with van der Waals surface area (Å²) in [4.78, 5) is 0. The van der Waals surface area contributed by atoms with Gasteiger partial charge in [-0.2, -0.15) is 5.10 Å². The number of hydrogen-bond donors (Lipinski definition) is 1. The Bertz CT molecular complexity index is 535. The number of aromatic nitrogens is 2. The molecule has 0 aliphatic rings. The fourth-order valence-electron chi connectivity index (χ4n) is 1.67. The molecule has 0 amide bonds. The van der Waals surface area contributed by atoms with E-state index in [1.54, 1.807) is 6.20 Å². The summed E-state index contributed by atoms with van der Waals surface area (Å²) in [5.74, 6) is 0. The normalized spacial score (nSPS) is 11.2. The molecule has 0 saturated carbocycles. The monoisotopic (exact) mass is 371 g/mol. The summed E-state index contributed by atoms with van der Waals surface area (Å²) in [6.45, 7) is 5.11. The molecular formula is C13H15Br2N3. The molecule has 2 rings (SSSR count). The number of nitrogens with zero attached hydrogens (tertiary/aromatic N) is 2. The van der Waals surface area contributed by atoms with Crippen molar-refractivity contribution in [3.05, 3.63) is 45.1 Å². The van der Waals surface area contributed by atoms with Gasteiger partial charge >= 0.3 is 0 Å². The fraction of sp³-hybridized carbons (Fsp3) is 0.308. The van der Waals surface area contributed by atoms with Crippen molar-refractivity contribution in [3.63, 3.8) is 0 Å². The van der Waals surface area contributed by atoms with Gasteiger partial charge in [0.05, 0.1) is 16.4 Å². The lowest BCUT2D eigenvalue weighted by atomic mass is 10.1. The summed E-state index contributed by atoms with van der Waals surface area (Å²) in [5, 5.41) is 7.76. The SMILES string of the molecule is CC(C)NCc1cc(Br)ccc1-n1cc(Br)cn1. The maximum Gasteiger partial charge on any atom is 0.0691 e. The second-order valence-corrected chi connectivity index (χ2v) is 6.24. The average Bonchev–Trinajstić information content (AvgIpc) is 2.73. The fourth-order valence-corrected chi connectivity index (χ4v) is 2.36. The zero-order valence-corrected chi connectivity index (χ0v) is 13.5. The lowest BCUT2D eigenvalue weighted by Crippen LogP contribution is -2.22. The van der Waals surface area contributed by atoms with Crippen LogP contribution in [0, 0.1) is 0 Å². The van der Waals surface area contributed by atoms with Crippen LogP contribution in [0.3, 0.4) is 0 Å². The molecule has 0 aliphatic heterocycles. The van der Waals surface area contributed by atoms with Crippen molar-refractivity contribution in [2.24, 2.45) is 0 Å². The molecule has 1 aromatic carbocycles. The predicted molar refractivity (Wildman–Crippen MR) is 80.9 cm³/mol. The van der Waals surface area contributed by atoms with Crippen LogP contribution in [0.15, 0.2) is 39.5 Å². The number of halogens is 2. The Morgan fingerprint density at radius 1 is 1.28 bits per heavy atom. The van der Waals surface area contributed by atoms with Crippen LogP contribution < -0.4 is 5.32 Å². The van der Waals surface area contributed by atoms with Crippen LogP contribution in [0.25, 0.3) is 5.69 Å². The van der Waals surface area contributed by atoms with Gasteiger partial charge in [-0.15, -0.1) is 0 Å². The largest absolute Gasteiger partial charge is 0.310 e. The molecule has 0 saturated heterocycles. The van der Waals surface area contributed by atoms with Crippen LogP contribution in [0.4, 0.5) is 0 Å². The summed E-state index contributed by atoms with van der Waals surface area (Å²) in [6.07, 6.45) is 3.75. The first-order valence-corrected chi connectivity index (χ1v) is 7.37. The first kappa shape index (κ1) is 13.8. The van der Waals surface area contributed by atoms with Crippen LogP contribution in [0.1, 0.15) is 19.4 Å². The number of benzene rings is 1. The molecule has 0 aliphatic carbocycles. The van der Waals surface area contributed by atoms with Gasteiger partial charge in [-0.05, 0) is 39.7 Å². The van der Waals surface area contributed by atoms with E-state index in [9.17, 15) is 0 Å². The highest BCUT2D eigenvalue weighted by atomic mass is 79.9. The van der Waals surface area contributed by atoms with Gasteiger partial charge < -0.3 is 5.32 Å². The van der Waals surface area contributed by atoms with Crippen molar-refractivity contribution in [2.75, 3.05) is 0 Å². The third-order valence-electron chi connectivity index (χ3n) is 2.54. The summed E-state index contributed by atoms with van der Waals surface area (Å²) in [5.41, 5.74) is 2.31. The van der Waals surface area contributed by atoms with Gasteiger partial charge in [0.1, 0.15) is 0 Å². The number of nitrogens with one attached hydrogen (secondary N) is 1. The molecule has 1 aromatic heterocycles. The highest BCUT2D eigenvalue weighted by Crippen LogP contribution is 2.21. The van der Waals surface area contributed by atoms with Crippen LogP contribution in [-0.2, 0) is 6.54 Å². The zero-order valence-electron chi connectivity index (χ0n) is 10.3. The quantitative estimate of drug-likeness (QED) is 0.882. The van der Waals surface area contributed by atoms with E-state index in [4.69, 9.17) is 0 Å². The highest BCUT2D eigenvalue weighted by Gasteiger charge is 2.07. The highest BCUT2D eigenvalue weighted by molar-refractivity contribution is 9.10. The molecule has 18 heavy (non-hydrogen) atoms. The minimum atomic E-state index is 0.459. The Balaban J connectivity index is 2.34. The molecule has 3 nitrogen and oxygen atoms in total. The molecule has 0 radical (unpaired) electrons. The third kappa shape index (κ3) is 3.43. The summed E-state index contributed by atoms with van der Waals surface area (Å²) >= 11 is 6.94. The molecule has 0 spiro atoms. The van der Waals surface area contributed by atoms with E-state index in [-0.39, 0.29) is 0 Å². The van der Waals surface area contributed by atoms with E-state index in [1.807, 2.05) is 16.9 Å². The van der Waals surface area contributed by atoms with E-state index < -0.39 is 0 Å². The van der Waals surface area contributed by atoms with Crippen LogP contribution in [0.5, 0.6) is 0 Å². The summed E-state index contributed by atoms with van der Waals surface area (Å²) in [7, 11) is 0. The van der Waals surface area contributed by atoms with Gasteiger partial charge in [0, 0.05) is 23.3 Å². The molecule has 0 fully saturated rings. The lowest BCUT2D eigenvalue weighted by Gasteiger charge is -2.13. The molecule has 0 atom stereocenters. The molecule has 2 aromatic rings. The maximum atomic E-state index is 4.33. The van der Waals surface area contributed by atoms with Crippen molar-refractivity contribution in [2.45, 2.75) is 26.4 Å². The van der Waals surface area contributed by atoms with Gasteiger partial charge in [-0.25, -0.2) is 4.68 Å². The molecular weight excluding hydrogens is 358 g/mol. The third-order valence-corrected chi connectivity index (χ3v) is 3.44. The molecule has 5 heteroatoms. The molecule has 96 valence electrons. The van der Waals surface area contributed by atoms with E-state index >= 15 is 0 Å². The minimum absolute atomic E-state index is 0.459. The summed E-state index contributed by atoms with van der Waals surface area (Å²) in [6, 6.07) is 6.69. The van der Waals surface area contributed by atoms with E-state index in [0.29, 0.717) is 6.04 Å². The Kier molecular flexibility index (Phi) is 4.59. The average molecular weight is 373 g/mol.